The van der Waals surface area contributed by atoms with Gasteiger partial charge in [0.25, 0.3) is 0 Å². The van der Waals surface area contributed by atoms with E-state index in [1.54, 1.807) is 0 Å². The van der Waals surface area contributed by atoms with Crippen LogP contribution in [0.4, 0.5) is 0 Å². The van der Waals surface area contributed by atoms with Crippen LogP contribution < -0.4 is 5.32 Å². The van der Waals surface area contributed by atoms with Gasteiger partial charge in [0.15, 0.2) is 0 Å². The summed E-state index contributed by atoms with van der Waals surface area (Å²) >= 11 is 0. The first-order valence-corrected chi connectivity index (χ1v) is 9.03. The lowest BCUT2D eigenvalue weighted by atomic mass is 9.86. The van der Waals surface area contributed by atoms with Gasteiger partial charge in [-0.3, -0.25) is 4.79 Å². The van der Waals surface area contributed by atoms with Crippen molar-refractivity contribution in [2.24, 2.45) is 0 Å². The molecule has 0 radical (unpaired) electrons. The SMILES string of the molecule is Cl.O=C(CC1COCCN1)N(C1CC1)C1CCCc2ccccc21. The monoisotopic (exact) mass is 350 g/mol. The van der Waals surface area contributed by atoms with Crippen LogP contribution in [0.15, 0.2) is 24.3 Å². The molecular weight excluding hydrogens is 324 g/mol. The largest absolute Gasteiger partial charge is 0.378 e. The molecule has 1 aromatic carbocycles. The summed E-state index contributed by atoms with van der Waals surface area (Å²) in [5.74, 6) is 0.303. The Hall–Kier alpha value is -1.10. The van der Waals surface area contributed by atoms with Crippen LogP contribution in [0.25, 0.3) is 0 Å². The molecule has 0 spiro atoms. The van der Waals surface area contributed by atoms with Gasteiger partial charge < -0.3 is 15.0 Å². The number of hydrogen-bond donors (Lipinski definition) is 1. The van der Waals surface area contributed by atoms with Crippen LogP contribution in [0.1, 0.15) is 49.3 Å². The first-order chi connectivity index (χ1) is 11.3. The lowest BCUT2D eigenvalue weighted by Crippen LogP contribution is -2.46. The predicted octanol–water partition coefficient (Wildman–Crippen LogP) is 2.86. The van der Waals surface area contributed by atoms with Crippen molar-refractivity contribution in [2.45, 2.75) is 56.7 Å². The van der Waals surface area contributed by atoms with Crippen LogP contribution in [0, 0.1) is 0 Å². The zero-order valence-electron chi connectivity index (χ0n) is 14.1. The zero-order chi connectivity index (χ0) is 15.6. The molecule has 1 saturated carbocycles. The molecule has 132 valence electrons. The van der Waals surface area contributed by atoms with Gasteiger partial charge in [0, 0.05) is 25.0 Å². The molecule has 2 aliphatic carbocycles. The number of carbonyl (C=O) groups is 1. The summed E-state index contributed by atoms with van der Waals surface area (Å²) < 4.78 is 5.51. The van der Waals surface area contributed by atoms with E-state index in [0.717, 1.165) is 26.0 Å². The highest BCUT2D eigenvalue weighted by atomic mass is 35.5. The molecule has 2 fully saturated rings. The third kappa shape index (κ3) is 3.76. The molecule has 1 aromatic rings. The Morgan fingerprint density at radius 2 is 2.08 bits per heavy atom. The maximum atomic E-state index is 13.0. The average molecular weight is 351 g/mol. The Balaban J connectivity index is 0.00000169. The number of benzene rings is 1. The van der Waals surface area contributed by atoms with Crippen LogP contribution in [-0.4, -0.2) is 42.6 Å². The molecule has 0 bridgehead atoms. The van der Waals surface area contributed by atoms with E-state index in [0.29, 0.717) is 25.0 Å². The molecule has 3 aliphatic rings. The van der Waals surface area contributed by atoms with Gasteiger partial charge in [-0.2, -0.15) is 0 Å². The number of rotatable bonds is 4. The lowest BCUT2D eigenvalue weighted by Gasteiger charge is -2.37. The zero-order valence-corrected chi connectivity index (χ0v) is 14.9. The van der Waals surface area contributed by atoms with Gasteiger partial charge in [-0.25, -0.2) is 0 Å². The van der Waals surface area contributed by atoms with E-state index in [4.69, 9.17) is 4.74 Å². The Labute approximate surface area is 150 Å². The minimum atomic E-state index is 0. The first-order valence-electron chi connectivity index (χ1n) is 9.03. The highest BCUT2D eigenvalue weighted by molar-refractivity contribution is 5.85. The summed E-state index contributed by atoms with van der Waals surface area (Å²) in [4.78, 5) is 15.2. The van der Waals surface area contributed by atoms with Gasteiger partial charge in [-0.1, -0.05) is 24.3 Å². The number of nitrogens with one attached hydrogen (secondary N) is 1. The van der Waals surface area contributed by atoms with Gasteiger partial charge in [-0.15, -0.1) is 12.4 Å². The standard InChI is InChI=1S/C19H26N2O2.ClH/c22-19(12-15-13-23-11-10-20-15)21(16-8-9-16)18-7-3-5-14-4-1-2-6-17(14)18;/h1-2,4,6,15-16,18,20H,3,5,7-13H2;1H. The Kier molecular flexibility index (Phi) is 5.80. The minimum absolute atomic E-state index is 0. The van der Waals surface area contributed by atoms with Crippen LogP contribution in [0.5, 0.6) is 0 Å². The molecule has 4 nitrogen and oxygen atoms in total. The van der Waals surface area contributed by atoms with E-state index < -0.39 is 0 Å². The van der Waals surface area contributed by atoms with Gasteiger partial charge in [-0.05, 0) is 43.2 Å². The third-order valence-corrected chi connectivity index (χ3v) is 5.32. The molecule has 2 atom stereocenters. The molecule has 1 heterocycles. The molecule has 24 heavy (non-hydrogen) atoms. The fraction of sp³-hybridized carbons (Fsp3) is 0.632. The predicted molar refractivity (Wildman–Crippen MR) is 96.5 cm³/mol. The number of hydrogen-bond acceptors (Lipinski definition) is 3. The minimum Gasteiger partial charge on any atom is -0.378 e. The smallest absolute Gasteiger partial charge is 0.224 e. The second kappa shape index (κ2) is 7.85. The molecule has 0 aromatic heterocycles. The number of amides is 1. The summed E-state index contributed by atoms with van der Waals surface area (Å²) in [5.41, 5.74) is 2.81. The van der Waals surface area contributed by atoms with Crippen molar-refractivity contribution in [1.29, 1.82) is 0 Å². The highest BCUT2D eigenvalue weighted by Gasteiger charge is 2.39. The van der Waals surface area contributed by atoms with Crippen molar-refractivity contribution in [2.75, 3.05) is 19.8 Å². The van der Waals surface area contributed by atoms with Gasteiger partial charge >= 0.3 is 0 Å². The molecule has 4 rings (SSSR count). The number of morpholine rings is 1. The summed E-state index contributed by atoms with van der Waals surface area (Å²) in [7, 11) is 0. The van der Waals surface area contributed by atoms with Gasteiger partial charge in [0.05, 0.1) is 19.3 Å². The summed E-state index contributed by atoms with van der Waals surface area (Å²) in [6.45, 7) is 2.27. The molecule has 1 N–H and O–H groups in total. The van der Waals surface area contributed by atoms with Gasteiger partial charge in [0.1, 0.15) is 0 Å². The van der Waals surface area contributed by atoms with E-state index in [9.17, 15) is 4.79 Å². The summed E-state index contributed by atoms with van der Waals surface area (Å²) in [5, 5.41) is 3.41. The van der Waals surface area contributed by atoms with E-state index in [1.807, 2.05) is 0 Å². The molecule has 1 amide bonds. The van der Waals surface area contributed by atoms with E-state index in [-0.39, 0.29) is 24.5 Å². The number of nitrogens with zero attached hydrogens (tertiary/aromatic N) is 1. The van der Waals surface area contributed by atoms with Crippen molar-refractivity contribution in [3.8, 4) is 0 Å². The quantitative estimate of drug-likeness (QED) is 0.907. The van der Waals surface area contributed by atoms with Crippen LogP contribution in [0.2, 0.25) is 0 Å². The maximum absolute atomic E-state index is 13.0. The van der Waals surface area contributed by atoms with Crippen LogP contribution in [-0.2, 0) is 16.0 Å². The molecule has 1 saturated heterocycles. The Morgan fingerprint density at radius 3 is 2.83 bits per heavy atom. The number of halogens is 1. The van der Waals surface area contributed by atoms with E-state index in [1.165, 1.54) is 30.4 Å². The van der Waals surface area contributed by atoms with Gasteiger partial charge in [0.2, 0.25) is 5.91 Å². The fourth-order valence-corrected chi connectivity index (χ4v) is 4.07. The fourth-order valence-electron chi connectivity index (χ4n) is 4.07. The normalized spacial score (nSPS) is 26.2. The van der Waals surface area contributed by atoms with Crippen molar-refractivity contribution in [1.82, 2.24) is 10.2 Å². The van der Waals surface area contributed by atoms with Crippen molar-refractivity contribution >= 4 is 18.3 Å². The van der Waals surface area contributed by atoms with E-state index in [2.05, 4.69) is 34.5 Å². The van der Waals surface area contributed by atoms with Crippen molar-refractivity contribution in [3.63, 3.8) is 0 Å². The van der Waals surface area contributed by atoms with Crippen molar-refractivity contribution in [3.05, 3.63) is 35.4 Å². The topological polar surface area (TPSA) is 41.6 Å². The second-order valence-corrected chi connectivity index (χ2v) is 7.07. The van der Waals surface area contributed by atoms with E-state index >= 15 is 0 Å². The third-order valence-electron chi connectivity index (χ3n) is 5.32. The van der Waals surface area contributed by atoms with Crippen molar-refractivity contribution < 1.29 is 9.53 Å². The highest BCUT2D eigenvalue weighted by Crippen LogP contribution is 2.41. The Morgan fingerprint density at radius 1 is 1.25 bits per heavy atom. The Bertz CT molecular complexity index is 570. The number of aryl methyl sites for hydroxylation is 1. The summed E-state index contributed by atoms with van der Waals surface area (Å²) in [6, 6.07) is 9.61. The van der Waals surface area contributed by atoms with Crippen LogP contribution >= 0.6 is 12.4 Å². The maximum Gasteiger partial charge on any atom is 0.224 e. The molecular formula is C19H27ClN2O2. The summed E-state index contributed by atoms with van der Waals surface area (Å²) in [6.07, 6.45) is 6.33. The lowest BCUT2D eigenvalue weighted by molar-refractivity contribution is -0.136. The van der Waals surface area contributed by atoms with Crippen LogP contribution in [0.3, 0.4) is 0 Å². The second-order valence-electron chi connectivity index (χ2n) is 7.07. The molecule has 1 aliphatic heterocycles. The number of carbonyl (C=O) groups excluding carboxylic acids is 1. The molecule has 5 heteroatoms. The average Bonchev–Trinajstić information content (AvgIpc) is 3.41. The number of fused-ring (bicyclic) bond motifs is 1. The number of ether oxygens (including phenoxy) is 1. The molecule has 2 unspecified atom stereocenters. The first kappa shape index (κ1) is 17.7.